The largest absolute Gasteiger partial charge is 0.463 e. The van der Waals surface area contributed by atoms with E-state index in [2.05, 4.69) is 4.99 Å². The van der Waals surface area contributed by atoms with Crippen molar-refractivity contribution in [2.24, 2.45) is 10.7 Å². The van der Waals surface area contributed by atoms with Gasteiger partial charge in [-0.3, -0.25) is 0 Å². The van der Waals surface area contributed by atoms with Gasteiger partial charge >= 0.3 is 5.97 Å². The van der Waals surface area contributed by atoms with E-state index in [1.807, 2.05) is 6.92 Å². The summed E-state index contributed by atoms with van der Waals surface area (Å²) < 4.78 is 4.88. The Balaban J connectivity index is 4.86. The summed E-state index contributed by atoms with van der Waals surface area (Å²) in [4.78, 5) is 15.5. The zero-order valence-corrected chi connectivity index (χ0v) is 11.3. The van der Waals surface area contributed by atoms with Crippen molar-refractivity contribution in [2.75, 3.05) is 12.9 Å². The normalized spacial score (nSPS) is 14.8. The molecule has 1 unspecified atom stereocenters. The summed E-state index contributed by atoms with van der Waals surface area (Å²) in [7, 11) is 0. The second-order valence-electron chi connectivity index (χ2n) is 2.85. The zero-order chi connectivity index (χ0) is 12.6. The van der Waals surface area contributed by atoms with Crippen molar-refractivity contribution in [1.29, 1.82) is 0 Å². The van der Waals surface area contributed by atoms with Gasteiger partial charge in [-0.2, -0.15) is 0 Å². The van der Waals surface area contributed by atoms with Crippen LogP contribution in [0.5, 0.6) is 0 Å². The first-order valence-corrected chi connectivity index (χ1v) is 6.61. The molecule has 0 saturated heterocycles. The van der Waals surface area contributed by atoms with Crippen LogP contribution in [0.25, 0.3) is 0 Å². The average Bonchev–Trinajstić information content (AvgIpc) is 2.28. The number of hydrogen-bond acceptors (Lipinski definition) is 4. The number of carbonyl (C=O) groups excluding carboxylic acids is 1. The van der Waals surface area contributed by atoms with Gasteiger partial charge in [0.05, 0.1) is 17.6 Å². The van der Waals surface area contributed by atoms with E-state index < -0.39 is 11.3 Å². The first kappa shape index (κ1) is 15.3. The van der Waals surface area contributed by atoms with Crippen molar-refractivity contribution in [1.82, 2.24) is 0 Å². The van der Waals surface area contributed by atoms with E-state index in [-0.39, 0.29) is 0 Å². The maximum Gasteiger partial charge on any atom is 0.337 e. The smallest absolute Gasteiger partial charge is 0.337 e. The number of esters is 1. The highest BCUT2D eigenvalue weighted by atomic mass is 35.5. The van der Waals surface area contributed by atoms with E-state index in [0.717, 1.165) is 0 Å². The molecule has 1 atom stereocenters. The van der Waals surface area contributed by atoms with Crippen molar-refractivity contribution in [3.63, 3.8) is 0 Å². The fourth-order valence-corrected chi connectivity index (χ4v) is 1.19. The molecule has 0 spiro atoms. The number of thioether (sulfide) groups is 1. The van der Waals surface area contributed by atoms with Crippen LogP contribution >= 0.6 is 23.4 Å². The van der Waals surface area contributed by atoms with Crippen LogP contribution in [0.15, 0.2) is 16.8 Å². The molecular weight excluding hydrogens is 248 g/mol. The Hall–Kier alpha value is -0.680. The number of hydrogen-bond donors (Lipinski definition) is 1. The molecule has 0 radical (unpaired) electrons. The lowest BCUT2D eigenvalue weighted by atomic mass is 10.1. The molecule has 0 aliphatic heterocycles. The van der Waals surface area contributed by atoms with Crippen molar-refractivity contribution in [3.05, 3.63) is 11.8 Å². The van der Waals surface area contributed by atoms with Crippen LogP contribution in [0.1, 0.15) is 20.3 Å². The predicted molar refractivity (Wildman–Crippen MR) is 69.8 cm³/mol. The van der Waals surface area contributed by atoms with Crippen molar-refractivity contribution >= 4 is 34.5 Å². The quantitative estimate of drug-likeness (QED) is 0.272. The van der Waals surface area contributed by atoms with E-state index >= 15 is 0 Å². The van der Waals surface area contributed by atoms with Gasteiger partial charge in [-0.1, -0.05) is 18.7 Å². The number of nitrogens with two attached hydrogens (primary N) is 1. The molecule has 6 heteroatoms. The van der Waals surface area contributed by atoms with Gasteiger partial charge in [0.25, 0.3) is 0 Å². The van der Waals surface area contributed by atoms with Gasteiger partial charge in [0.15, 0.2) is 5.17 Å². The van der Waals surface area contributed by atoms with E-state index in [1.54, 1.807) is 13.2 Å². The van der Waals surface area contributed by atoms with Gasteiger partial charge in [0.1, 0.15) is 0 Å². The Morgan fingerprint density at radius 1 is 1.62 bits per heavy atom. The molecule has 0 rings (SSSR count). The molecule has 0 bridgehead atoms. The molecule has 2 N–H and O–H groups in total. The fraction of sp³-hybridized carbons (Fsp3) is 0.600. The summed E-state index contributed by atoms with van der Waals surface area (Å²) >= 11 is 7.30. The topological polar surface area (TPSA) is 64.7 Å². The molecule has 0 aromatic heterocycles. The maximum atomic E-state index is 11.6. The lowest BCUT2D eigenvalue weighted by Gasteiger charge is -2.09. The van der Waals surface area contributed by atoms with Crippen LogP contribution in [0.3, 0.4) is 0 Å². The molecule has 0 fully saturated rings. The summed E-state index contributed by atoms with van der Waals surface area (Å²) in [6.45, 7) is 3.93. The Morgan fingerprint density at radius 3 is 2.69 bits per heavy atom. The first-order chi connectivity index (χ1) is 7.56. The Labute approximate surface area is 105 Å². The number of alkyl halides is 1. The third kappa shape index (κ3) is 5.42. The third-order valence-corrected chi connectivity index (χ3v) is 2.81. The van der Waals surface area contributed by atoms with Crippen molar-refractivity contribution in [2.45, 2.75) is 25.6 Å². The summed E-state index contributed by atoms with van der Waals surface area (Å²) in [5.41, 5.74) is 5.85. The van der Waals surface area contributed by atoms with Gasteiger partial charge in [-0.05, 0) is 19.6 Å². The monoisotopic (exact) mass is 264 g/mol. The highest BCUT2D eigenvalue weighted by molar-refractivity contribution is 8.13. The minimum Gasteiger partial charge on any atom is -0.463 e. The van der Waals surface area contributed by atoms with E-state index in [4.69, 9.17) is 22.1 Å². The van der Waals surface area contributed by atoms with Crippen LogP contribution in [-0.2, 0) is 9.53 Å². The number of halogens is 1. The minimum atomic E-state index is -0.443. The number of aliphatic imine (C=N–C) groups is 1. The zero-order valence-electron chi connectivity index (χ0n) is 9.70. The molecule has 0 aliphatic carbocycles. The van der Waals surface area contributed by atoms with Crippen LogP contribution < -0.4 is 5.73 Å². The van der Waals surface area contributed by atoms with Crippen LogP contribution in [0.2, 0.25) is 0 Å². The molecule has 0 aliphatic rings. The second-order valence-corrected chi connectivity index (χ2v) is 4.21. The number of nitrogens with zero attached hydrogens (tertiary/aromatic N) is 1. The number of carbonyl (C=O) groups is 1. The number of rotatable bonds is 5. The van der Waals surface area contributed by atoms with E-state index in [0.29, 0.717) is 23.8 Å². The fourth-order valence-electron chi connectivity index (χ4n) is 0.882. The first-order valence-electron chi connectivity index (χ1n) is 4.95. The van der Waals surface area contributed by atoms with Crippen LogP contribution in [-0.4, -0.2) is 29.4 Å². The standard InChI is InChI=1S/C10H17ClN2O2S/c1-4-8(11)7(9(14)15-5-2)6-13-10(12)16-3/h6,8H,4-5H2,1-3H3,(H2,12,13)/b7-6+. The maximum absolute atomic E-state index is 11.6. The summed E-state index contributed by atoms with van der Waals surface area (Å²) in [6, 6.07) is 0. The Morgan fingerprint density at radius 2 is 2.25 bits per heavy atom. The molecule has 0 aromatic carbocycles. The molecule has 0 aromatic rings. The molecule has 92 valence electrons. The third-order valence-electron chi connectivity index (χ3n) is 1.75. The molecule has 0 heterocycles. The van der Waals surface area contributed by atoms with Gasteiger partial charge < -0.3 is 10.5 Å². The molecular formula is C10H17ClN2O2S. The minimum absolute atomic E-state index is 0.311. The number of ether oxygens (including phenoxy) is 1. The van der Waals surface area contributed by atoms with Gasteiger partial charge in [-0.15, -0.1) is 11.6 Å². The Kier molecular flexibility index (Phi) is 8.11. The van der Waals surface area contributed by atoms with Gasteiger partial charge in [-0.25, -0.2) is 9.79 Å². The van der Waals surface area contributed by atoms with E-state index in [1.165, 1.54) is 18.0 Å². The summed E-state index contributed by atoms with van der Waals surface area (Å²) in [5.74, 6) is -0.443. The molecule has 4 nitrogen and oxygen atoms in total. The summed E-state index contributed by atoms with van der Waals surface area (Å²) in [5, 5.41) is -0.0285. The van der Waals surface area contributed by atoms with Crippen LogP contribution in [0, 0.1) is 0 Å². The van der Waals surface area contributed by atoms with Crippen LogP contribution in [0.4, 0.5) is 0 Å². The van der Waals surface area contributed by atoms with Crippen molar-refractivity contribution < 1.29 is 9.53 Å². The SMILES string of the molecule is CCOC(=O)/C(=C/N=C(N)SC)C(Cl)CC. The van der Waals surface area contributed by atoms with E-state index in [9.17, 15) is 4.79 Å². The van der Waals surface area contributed by atoms with Gasteiger partial charge in [0.2, 0.25) is 0 Å². The lowest BCUT2D eigenvalue weighted by Crippen LogP contribution is -2.16. The predicted octanol–water partition coefficient (Wildman–Crippen LogP) is 2.13. The molecule has 16 heavy (non-hydrogen) atoms. The molecule has 0 saturated carbocycles. The lowest BCUT2D eigenvalue weighted by molar-refractivity contribution is -0.138. The highest BCUT2D eigenvalue weighted by Crippen LogP contribution is 2.15. The molecule has 0 amide bonds. The van der Waals surface area contributed by atoms with Crippen molar-refractivity contribution in [3.8, 4) is 0 Å². The number of amidine groups is 1. The second kappa shape index (κ2) is 8.47. The average molecular weight is 265 g/mol. The highest BCUT2D eigenvalue weighted by Gasteiger charge is 2.18. The Bertz CT molecular complexity index is 293. The summed E-state index contributed by atoms with van der Waals surface area (Å²) in [6.07, 6.45) is 3.81. The van der Waals surface area contributed by atoms with Gasteiger partial charge in [0, 0.05) is 6.20 Å².